The fourth-order valence-corrected chi connectivity index (χ4v) is 3.70. The molecule has 0 bridgehead atoms. The Morgan fingerprint density at radius 3 is 1.44 bits per heavy atom. The maximum Gasteiger partial charge on any atom is 0.0768 e. The highest BCUT2D eigenvalue weighted by molar-refractivity contribution is 5.14. The zero-order valence-corrected chi connectivity index (χ0v) is 19.0. The zero-order valence-electron chi connectivity index (χ0n) is 18.3. The number of benzene rings is 1. The summed E-state index contributed by atoms with van der Waals surface area (Å²) in [7, 11) is 2.31. The molecular weight excluding hydrogens is 350 g/mol. The number of halogens is 1. The van der Waals surface area contributed by atoms with Gasteiger partial charge in [-0.05, 0) is 38.2 Å². The molecule has 0 aromatic heterocycles. The second-order valence-corrected chi connectivity index (χ2v) is 8.25. The number of unbranched alkanes of at least 4 members (excludes halogenated alkanes) is 13. The molecule has 158 valence electrons. The monoisotopic (exact) mass is 395 g/mol. The molecule has 0 aliphatic heterocycles. The van der Waals surface area contributed by atoms with Crippen LogP contribution in [0, 0.1) is 0 Å². The molecule has 0 amide bonds. The molecule has 0 fully saturated rings. The second-order valence-electron chi connectivity index (χ2n) is 8.25. The van der Waals surface area contributed by atoms with E-state index in [1.165, 1.54) is 115 Å². The summed E-state index contributed by atoms with van der Waals surface area (Å²) in [6, 6.07) is 10.9. The standard InChI is InChI=1S/C25H45N.ClH/c1-3-26(2)24-20-15-13-11-9-7-5-4-6-8-10-12-14-17-21-25-22-18-16-19-23-25;/h16,18-19,22-23H,3-15,17,20-21,24H2,1-2H3;1H. The zero-order chi connectivity index (χ0) is 18.7. The molecule has 0 aliphatic carbocycles. The molecule has 0 saturated heterocycles. The maximum atomic E-state index is 2.31. The van der Waals surface area contributed by atoms with E-state index in [-0.39, 0.29) is 12.4 Å². The first-order valence-corrected chi connectivity index (χ1v) is 11.7. The number of quaternary nitrogens is 1. The Hall–Kier alpha value is -0.530. The van der Waals surface area contributed by atoms with Crippen molar-refractivity contribution >= 4 is 0 Å². The lowest BCUT2D eigenvalue weighted by atomic mass is 10.0. The van der Waals surface area contributed by atoms with Crippen molar-refractivity contribution in [3.63, 3.8) is 0 Å². The molecule has 0 spiro atoms. The lowest BCUT2D eigenvalue weighted by Crippen LogP contribution is -3.08. The van der Waals surface area contributed by atoms with Gasteiger partial charge in [-0.15, -0.1) is 0 Å². The van der Waals surface area contributed by atoms with Crippen molar-refractivity contribution in [3.05, 3.63) is 35.9 Å². The van der Waals surface area contributed by atoms with Gasteiger partial charge < -0.3 is 17.3 Å². The minimum atomic E-state index is 0. The molecule has 1 aromatic rings. The number of hydrogen-bond acceptors (Lipinski definition) is 0. The Morgan fingerprint density at radius 2 is 1.00 bits per heavy atom. The van der Waals surface area contributed by atoms with Crippen LogP contribution in [0.5, 0.6) is 0 Å². The molecule has 27 heavy (non-hydrogen) atoms. The van der Waals surface area contributed by atoms with Gasteiger partial charge in [0.1, 0.15) is 0 Å². The summed E-state index contributed by atoms with van der Waals surface area (Å²) >= 11 is 0. The highest BCUT2D eigenvalue weighted by Gasteiger charge is 1.98. The van der Waals surface area contributed by atoms with Crippen LogP contribution in [0.1, 0.15) is 102 Å². The number of aryl methyl sites for hydroxylation is 1. The average molecular weight is 396 g/mol. The molecular formula is C25H46ClN. The molecule has 1 atom stereocenters. The van der Waals surface area contributed by atoms with Gasteiger partial charge in [0.2, 0.25) is 0 Å². The topological polar surface area (TPSA) is 4.44 Å². The Balaban J connectivity index is 0.00000676. The third kappa shape index (κ3) is 17.3. The van der Waals surface area contributed by atoms with E-state index < -0.39 is 0 Å². The smallest absolute Gasteiger partial charge is 0.0768 e. The summed E-state index contributed by atoms with van der Waals surface area (Å²) in [6.45, 7) is 4.91. The maximum absolute atomic E-state index is 2.31. The van der Waals surface area contributed by atoms with E-state index in [1.54, 1.807) is 4.90 Å². The molecule has 0 aliphatic rings. The van der Waals surface area contributed by atoms with Gasteiger partial charge in [0.05, 0.1) is 20.1 Å². The van der Waals surface area contributed by atoms with Crippen LogP contribution in [0.3, 0.4) is 0 Å². The van der Waals surface area contributed by atoms with E-state index in [2.05, 4.69) is 44.3 Å². The van der Waals surface area contributed by atoms with Crippen LogP contribution in [0.15, 0.2) is 30.3 Å². The Kier molecular flexibility index (Phi) is 19.8. The fraction of sp³-hybridized carbons (Fsp3) is 0.760. The van der Waals surface area contributed by atoms with Gasteiger partial charge >= 0.3 is 0 Å². The van der Waals surface area contributed by atoms with Crippen molar-refractivity contribution in [1.29, 1.82) is 0 Å². The first-order chi connectivity index (χ1) is 12.8. The summed E-state index contributed by atoms with van der Waals surface area (Å²) in [5.41, 5.74) is 1.50. The summed E-state index contributed by atoms with van der Waals surface area (Å²) in [4.78, 5) is 1.68. The van der Waals surface area contributed by atoms with Gasteiger partial charge in [0, 0.05) is 0 Å². The average Bonchev–Trinajstić information content (AvgIpc) is 2.68. The minimum absolute atomic E-state index is 0. The predicted octanol–water partition coefficient (Wildman–Crippen LogP) is 3.23. The Labute approximate surface area is 176 Å². The quantitative estimate of drug-likeness (QED) is 0.364. The van der Waals surface area contributed by atoms with Gasteiger partial charge in [0.15, 0.2) is 0 Å². The Morgan fingerprint density at radius 1 is 0.593 bits per heavy atom. The fourth-order valence-electron chi connectivity index (χ4n) is 3.70. The molecule has 1 nitrogen and oxygen atoms in total. The van der Waals surface area contributed by atoms with Gasteiger partial charge in [-0.1, -0.05) is 101 Å². The summed E-state index contributed by atoms with van der Waals surface area (Å²) in [5.74, 6) is 0. The van der Waals surface area contributed by atoms with Crippen molar-refractivity contribution in [2.24, 2.45) is 0 Å². The first-order valence-electron chi connectivity index (χ1n) is 11.7. The lowest BCUT2D eigenvalue weighted by Gasteiger charge is -2.10. The van der Waals surface area contributed by atoms with Gasteiger partial charge in [0.25, 0.3) is 0 Å². The molecule has 1 N–H and O–H groups in total. The summed E-state index contributed by atoms with van der Waals surface area (Å²) in [6.07, 6.45) is 21.5. The number of nitrogens with one attached hydrogen (secondary N) is 1. The van der Waals surface area contributed by atoms with Crippen LogP contribution >= 0.6 is 0 Å². The van der Waals surface area contributed by atoms with Crippen molar-refractivity contribution in [3.8, 4) is 0 Å². The van der Waals surface area contributed by atoms with Crippen LogP contribution < -0.4 is 17.3 Å². The van der Waals surface area contributed by atoms with Crippen LogP contribution in [-0.4, -0.2) is 20.1 Å². The van der Waals surface area contributed by atoms with Gasteiger partial charge in [-0.3, -0.25) is 0 Å². The lowest BCUT2D eigenvalue weighted by molar-refractivity contribution is -0.877. The minimum Gasteiger partial charge on any atom is -1.00 e. The molecule has 2 heteroatoms. The van der Waals surface area contributed by atoms with Crippen LogP contribution in [0.25, 0.3) is 0 Å². The van der Waals surface area contributed by atoms with Crippen molar-refractivity contribution in [2.45, 2.75) is 103 Å². The molecule has 1 unspecified atom stereocenters. The van der Waals surface area contributed by atoms with E-state index in [0.717, 1.165) is 0 Å². The molecule has 1 rings (SSSR count). The summed E-state index contributed by atoms with van der Waals surface area (Å²) in [5, 5.41) is 0. The highest BCUT2D eigenvalue weighted by Crippen LogP contribution is 2.13. The van der Waals surface area contributed by atoms with Gasteiger partial charge in [-0.2, -0.15) is 0 Å². The molecule has 0 heterocycles. The SMILES string of the molecule is CC[NH+](C)CCCCCCCCCCCCCCCCc1ccccc1.[Cl-]. The number of hydrogen-bond donors (Lipinski definition) is 1. The summed E-state index contributed by atoms with van der Waals surface area (Å²) < 4.78 is 0. The van der Waals surface area contributed by atoms with Gasteiger partial charge in [-0.25, -0.2) is 0 Å². The van der Waals surface area contributed by atoms with Crippen molar-refractivity contribution < 1.29 is 17.3 Å². The van der Waals surface area contributed by atoms with Crippen molar-refractivity contribution in [1.82, 2.24) is 0 Å². The molecule has 0 saturated carbocycles. The third-order valence-electron chi connectivity index (χ3n) is 5.77. The number of rotatable bonds is 18. The third-order valence-corrected chi connectivity index (χ3v) is 5.77. The Bertz CT molecular complexity index is 393. The van der Waals surface area contributed by atoms with E-state index in [1.807, 2.05) is 0 Å². The highest BCUT2D eigenvalue weighted by atomic mass is 35.5. The van der Waals surface area contributed by atoms with E-state index in [0.29, 0.717) is 0 Å². The predicted molar refractivity (Wildman–Crippen MR) is 117 cm³/mol. The van der Waals surface area contributed by atoms with E-state index in [4.69, 9.17) is 0 Å². The van der Waals surface area contributed by atoms with Crippen LogP contribution in [0.4, 0.5) is 0 Å². The van der Waals surface area contributed by atoms with E-state index >= 15 is 0 Å². The molecule has 0 radical (unpaired) electrons. The normalized spacial score (nSPS) is 11.9. The largest absolute Gasteiger partial charge is 1.00 e. The second kappa shape index (κ2) is 20.2. The van der Waals surface area contributed by atoms with Crippen LogP contribution in [-0.2, 0) is 6.42 Å². The van der Waals surface area contributed by atoms with E-state index in [9.17, 15) is 0 Å². The van der Waals surface area contributed by atoms with Crippen molar-refractivity contribution in [2.75, 3.05) is 20.1 Å². The first kappa shape index (κ1) is 26.5. The van der Waals surface area contributed by atoms with Crippen LogP contribution in [0.2, 0.25) is 0 Å². The molecule has 1 aromatic carbocycles.